The minimum atomic E-state index is -0.457. The molecule has 2 aromatic rings. The van der Waals surface area contributed by atoms with Crippen LogP contribution >= 0.6 is 46.8 Å². The van der Waals surface area contributed by atoms with Crippen LogP contribution in [0, 0.1) is 9.39 Å². The van der Waals surface area contributed by atoms with Gasteiger partial charge in [0, 0.05) is 19.1 Å². The quantitative estimate of drug-likeness (QED) is 0.552. The van der Waals surface area contributed by atoms with Gasteiger partial charge in [-0.25, -0.2) is 4.39 Å². The Kier molecular flexibility index (Phi) is 4.70. The predicted octanol–water partition coefficient (Wildman–Crippen LogP) is 4.62. The van der Waals surface area contributed by atoms with Gasteiger partial charge in [-0.15, -0.1) is 12.6 Å². The number of anilines is 1. The molecule has 2 nitrogen and oxygen atoms in total. The average Bonchev–Trinajstić information content (AvgIpc) is 2.36. The molecule has 0 saturated carbocycles. The van der Waals surface area contributed by atoms with Crippen molar-refractivity contribution in [2.75, 3.05) is 5.32 Å². The molecule has 0 aliphatic heterocycles. The smallest absolute Gasteiger partial charge is 0.255 e. The first-order valence-corrected chi connectivity index (χ1v) is 7.12. The molecule has 0 aliphatic carbocycles. The van der Waals surface area contributed by atoms with E-state index in [9.17, 15) is 9.18 Å². The van der Waals surface area contributed by atoms with Crippen LogP contribution in [-0.2, 0) is 0 Å². The Bertz CT molecular complexity index is 651. The van der Waals surface area contributed by atoms with Crippen LogP contribution in [0.4, 0.5) is 10.1 Å². The number of hydrogen-bond acceptors (Lipinski definition) is 2. The van der Waals surface area contributed by atoms with Crippen LogP contribution in [-0.4, -0.2) is 5.91 Å². The Morgan fingerprint density at radius 3 is 2.63 bits per heavy atom. The number of amides is 1. The van der Waals surface area contributed by atoms with Crippen LogP contribution in [0.3, 0.4) is 0 Å². The van der Waals surface area contributed by atoms with E-state index in [1.807, 2.05) is 0 Å². The van der Waals surface area contributed by atoms with Crippen molar-refractivity contribution < 1.29 is 9.18 Å². The first-order valence-electron chi connectivity index (χ1n) is 5.22. The largest absolute Gasteiger partial charge is 0.321 e. The Labute approximate surface area is 133 Å². The van der Waals surface area contributed by atoms with Crippen LogP contribution in [0.1, 0.15) is 10.4 Å². The summed E-state index contributed by atoms with van der Waals surface area (Å²) in [6.07, 6.45) is 0. The first-order chi connectivity index (χ1) is 8.97. The first kappa shape index (κ1) is 14.6. The summed E-state index contributed by atoms with van der Waals surface area (Å²) in [5, 5.41) is 3.34. The van der Waals surface area contributed by atoms with Gasteiger partial charge in [-0.2, -0.15) is 0 Å². The normalized spacial score (nSPS) is 10.3. The van der Waals surface area contributed by atoms with E-state index in [0.717, 1.165) is 3.57 Å². The number of halogens is 3. The van der Waals surface area contributed by atoms with E-state index in [2.05, 4.69) is 40.5 Å². The summed E-state index contributed by atoms with van der Waals surface area (Å²) in [7, 11) is 0. The van der Waals surface area contributed by atoms with Gasteiger partial charge in [0.1, 0.15) is 5.82 Å². The number of hydrogen-bond donors (Lipinski definition) is 2. The highest BCUT2D eigenvalue weighted by Gasteiger charge is 2.10. The number of nitrogens with one attached hydrogen (secondary N) is 1. The molecule has 0 radical (unpaired) electrons. The van der Waals surface area contributed by atoms with Gasteiger partial charge in [0.2, 0.25) is 0 Å². The summed E-state index contributed by atoms with van der Waals surface area (Å²) in [5.74, 6) is -0.781. The third kappa shape index (κ3) is 3.61. The lowest BCUT2D eigenvalue weighted by Gasteiger charge is -2.08. The molecule has 0 saturated heterocycles. The van der Waals surface area contributed by atoms with Gasteiger partial charge in [-0.3, -0.25) is 4.79 Å². The van der Waals surface area contributed by atoms with Crippen LogP contribution in [0.2, 0.25) is 5.02 Å². The molecule has 0 aromatic heterocycles. The van der Waals surface area contributed by atoms with Crippen molar-refractivity contribution in [3.8, 4) is 0 Å². The lowest BCUT2D eigenvalue weighted by atomic mass is 10.2. The Morgan fingerprint density at radius 2 is 2.00 bits per heavy atom. The second kappa shape index (κ2) is 6.11. The summed E-state index contributed by atoms with van der Waals surface area (Å²) in [6.45, 7) is 0. The second-order valence-corrected chi connectivity index (χ2v) is 5.82. The van der Waals surface area contributed by atoms with Crippen molar-refractivity contribution in [3.05, 3.63) is 56.4 Å². The van der Waals surface area contributed by atoms with E-state index in [1.165, 1.54) is 18.2 Å². The van der Waals surface area contributed by atoms with Crippen LogP contribution in [0.5, 0.6) is 0 Å². The van der Waals surface area contributed by atoms with Gasteiger partial charge in [-0.05, 0) is 59.0 Å². The molecular weight excluding hydrogens is 400 g/mol. The Balaban J connectivity index is 2.23. The number of carbonyl (C=O) groups is 1. The standard InChI is InChI=1S/C13H8ClFINOS/c14-8-2-4-11(10(16)6-8)17-13(18)7-1-3-9(15)12(19)5-7/h1-6,19H,(H,17,18). The molecule has 6 heteroatoms. The Hall–Kier alpha value is -0.790. The third-order valence-electron chi connectivity index (χ3n) is 2.39. The van der Waals surface area contributed by atoms with E-state index in [0.29, 0.717) is 16.3 Å². The molecule has 0 bridgehead atoms. The van der Waals surface area contributed by atoms with Crippen molar-refractivity contribution in [2.24, 2.45) is 0 Å². The summed E-state index contributed by atoms with van der Waals surface area (Å²) >= 11 is 11.9. The maximum atomic E-state index is 13.1. The highest BCUT2D eigenvalue weighted by molar-refractivity contribution is 14.1. The molecule has 2 aromatic carbocycles. The zero-order valence-corrected chi connectivity index (χ0v) is 13.3. The third-order valence-corrected chi connectivity index (χ3v) is 3.86. The highest BCUT2D eigenvalue weighted by Crippen LogP contribution is 2.23. The van der Waals surface area contributed by atoms with Crippen molar-refractivity contribution >= 4 is 58.4 Å². The van der Waals surface area contributed by atoms with Crippen LogP contribution in [0.15, 0.2) is 41.3 Å². The molecule has 0 heterocycles. The van der Waals surface area contributed by atoms with Gasteiger partial charge in [0.15, 0.2) is 0 Å². The fourth-order valence-corrected chi connectivity index (χ4v) is 2.66. The molecule has 19 heavy (non-hydrogen) atoms. The predicted molar refractivity (Wildman–Crippen MR) is 85.8 cm³/mol. The molecule has 2 rings (SSSR count). The molecule has 0 spiro atoms. The molecular formula is C13H8ClFINOS. The summed E-state index contributed by atoms with van der Waals surface area (Å²) in [5.41, 5.74) is 0.997. The number of thiol groups is 1. The lowest BCUT2D eigenvalue weighted by molar-refractivity contribution is 0.102. The molecule has 1 amide bonds. The van der Waals surface area contributed by atoms with Gasteiger partial charge < -0.3 is 5.32 Å². The topological polar surface area (TPSA) is 29.1 Å². The molecule has 0 fully saturated rings. The van der Waals surface area contributed by atoms with E-state index >= 15 is 0 Å². The number of rotatable bonds is 2. The van der Waals surface area contributed by atoms with E-state index in [1.54, 1.807) is 18.2 Å². The van der Waals surface area contributed by atoms with Crippen molar-refractivity contribution in [3.63, 3.8) is 0 Å². The fourth-order valence-electron chi connectivity index (χ4n) is 1.44. The van der Waals surface area contributed by atoms with E-state index in [-0.39, 0.29) is 10.8 Å². The lowest BCUT2D eigenvalue weighted by Crippen LogP contribution is -2.13. The van der Waals surface area contributed by atoms with E-state index < -0.39 is 5.82 Å². The maximum absolute atomic E-state index is 13.1. The fraction of sp³-hybridized carbons (Fsp3) is 0. The van der Waals surface area contributed by atoms with Crippen molar-refractivity contribution in [1.29, 1.82) is 0 Å². The number of benzene rings is 2. The average molecular weight is 408 g/mol. The summed E-state index contributed by atoms with van der Waals surface area (Å²) in [4.78, 5) is 12.1. The second-order valence-electron chi connectivity index (χ2n) is 3.74. The van der Waals surface area contributed by atoms with Crippen LogP contribution < -0.4 is 5.32 Å². The van der Waals surface area contributed by atoms with E-state index in [4.69, 9.17) is 11.6 Å². The highest BCUT2D eigenvalue weighted by atomic mass is 127. The summed E-state index contributed by atoms with van der Waals surface area (Å²) < 4.78 is 13.9. The molecule has 1 N–H and O–H groups in total. The molecule has 0 atom stereocenters. The monoisotopic (exact) mass is 407 g/mol. The van der Waals surface area contributed by atoms with Gasteiger partial charge in [-0.1, -0.05) is 11.6 Å². The van der Waals surface area contributed by atoms with Crippen molar-refractivity contribution in [1.82, 2.24) is 0 Å². The maximum Gasteiger partial charge on any atom is 0.255 e. The van der Waals surface area contributed by atoms with Crippen molar-refractivity contribution in [2.45, 2.75) is 4.90 Å². The zero-order valence-electron chi connectivity index (χ0n) is 9.45. The van der Waals surface area contributed by atoms with Gasteiger partial charge in [0.05, 0.1) is 5.69 Å². The van der Waals surface area contributed by atoms with Gasteiger partial charge in [0.25, 0.3) is 5.91 Å². The Morgan fingerprint density at radius 1 is 1.26 bits per heavy atom. The van der Waals surface area contributed by atoms with Crippen LogP contribution in [0.25, 0.3) is 0 Å². The molecule has 98 valence electrons. The number of carbonyl (C=O) groups excluding carboxylic acids is 1. The minimum absolute atomic E-state index is 0.137. The molecule has 0 unspecified atom stereocenters. The van der Waals surface area contributed by atoms with Gasteiger partial charge >= 0.3 is 0 Å². The molecule has 0 aliphatic rings. The zero-order chi connectivity index (χ0) is 14.0. The minimum Gasteiger partial charge on any atom is -0.321 e. The SMILES string of the molecule is O=C(Nc1ccc(Cl)cc1I)c1ccc(F)c(S)c1. The summed E-state index contributed by atoms with van der Waals surface area (Å²) in [6, 6.07) is 9.15.